The molecule has 0 bridgehead atoms. The van der Waals surface area contributed by atoms with Gasteiger partial charge >= 0.3 is 0 Å². The summed E-state index contributed by atoms with van der Waals surface area (Å²) in [5, 5.41) is 7.03. The molecule has 0 saturated carbocycles. The molecule has 3 nitrogen and oxygen atoms in total. The highest BCUT2D eigenvalue weighted by atomic mass is 16.3. The first kappa shape index (κ1) is 34.9. The minimum absolute atomic E-state index is 0.883. The lowest BCUT2D eigenvalue weighted by Gasteiger charge is -2.31. The Balaban J connectivity index is 1.18. The van der Waals surface area contributed by atoms with Crippen LogP contribution in [0.5, 0.6) is 0 Å². The topological polar surface area (TPSA) is 21.3 Å². The molecule has 0 aliphatic rings. The number of aromatic nitrogens is 1. The molecule has 0 saturated heterocycles. The summed E-state index contributed by atoms with van der Waals surface area (Å²) in [7, 11) is 0. The van der Waals surface area contributed by atoms with Crippen LogP contribution in [0.3, 0.4) is 0 Å². The fourth-order valence-corrected chi connectivity index (χ4v) is 9.56. The van der Waals surface area contributed by atoms with E-state index in [1.807, 2.05) is 12.1 Å². The number of fused-ring (bicyclic) bond motifs is 7. The number of furan rings is 1. The predicted molar refractivity (Wildman–Crippen MR) is 257 cm³/mol. The molecule has 2 aromatic heterocycles. The number of para-hydroxylation sites is 5. The van der Waals surface area contributed by atoms with Gasteiger partial charge < -0.3 is 13.9 Å². The van der Waals surface area contributed by atoms with Crippen molar-refractivity contribution in [1.82, 2.24) is 4.57 Å². The van der Waals surface area contributed by atoms with Crippen LogP contribution in [0.15, 0.2) is 235 Å². The summed E-state index contributed by atoms with van der Waals surface area (Å²) in [4.78, 5) is 2.51. The lowest BCUT2D eigenvalue weighted by Crippen LogP contribution is -2.13. The quantitative estimate of drug-likeness (QED) is 0.161. The van der Waals surface area contributed by atoms with Crippen molar-refractivity contribution in [2.75, 3.05) is 4.90 Å². The third kappa shape index (κ3) is 5.66. The van der Waals surface area contributed by atoms with Crippen molar-refractivity contribution in [3.63, 3.8) is 0 Å². The summed E-state index contributed by atoms with van der Waals surface area (Å²) in [5.74, 6) is 0. The Morgan fingerprint density at radius 3 is 1.72 bits per heavy atom. The van der Waals surface area contributed by atoms with E-state index in [0.717, 1.165) is 72.4 Å². The molecule has 0 aliphatic heterocycles. The smallest absolute Gasteiger partial charge is 0.135 e. The number of rotatable bonds is 7. The molecule has 61 heavy (non-hydrogen) atoms. The lowest BCUT2D eigenvalue weighted by atomic mass is 9.90. The highest BCUT2D eigenvalue weighted by molar-refractivity contribution is 6.18. The molecule has 10 aromatic carbocycles. The Hall–Kier alpha value is -8.14. The van der Waals surface area contributed by atoms with Crippen LogP contribution in [-0.4, -0.2) is 4.57 Å². The summed E-state index contributed by atoms with van der Waals surface area (Å²) in [6, 6.07) is 83.1. The van der Waals surface area contributed by atoms with Crippen LogP contribution in [0.4, 0.5) is 17.1 Å². The molecule has 0 radical (unpaired) electrons. The van der Waals surface area contributed by atoms with Crippen molar-refractivity contribution in [3.8, 4) is 39.1 Å². The van der Waals surface area contributed by atoms with E-state index in [4.69, 9.17) is 4.42 Å². The Morgan fingerprint density at radius 1 is 0.328 bits per heavy atom. The van der Waals surface area contributed by atoms with E-state index in [1.165, 1.54) is 38.2 Å². The van der Waals surface area contributed by atoms with Crippen LogP contribution in [0.25, 0.3) is 93.6 Å². The van der Waals surface area contributed by atoms with Gasteiger partial charge in [-0.05, 0) is 93.7 Å². The van der Waals surface area contributed by atoms with Gasteiger partial charge in [0.1, 0.15) is 11.2 Å². The van der Waals surface area contributed by atoms with E-state index in [1.54, 1.807) is 0 Å². The summed E-state index contributed by atoms with van der Waals surface area (Å²) in [6.45, 7) is 0. The van der Waals surface area contributed by atoms with Gasteiger partial charge in [-0.1, -0.05) is 170 Å². The number of nitrogens with zero attached hydrogens (tertiary/aromatic N) is 2. The third-order valence-corrected chi connectivity index (χ3v) is 12.2. The third-order valence-electron chi connectivity index (χ3n) is 12.2. The average molecular weight is 779 g/mol. The fraction of sp³-hybridized carbons (Fsp3) is 0. The molecule has 0 N–H and O–H groups in total. The van der Waals surface area contributed by atoms with Gasteiger partial charge in [-0.3, -0.25) is 0 Å². The maximum absolute atomic E-state index is 6.32. The van der Waals surface area contributed by atoms with Gasteiger partial charge in [0.2, 0.25) is 0 Å². The minimum Gasteiger partial charge on any atom is -0.456 e. The highest BCUT2D eigenvalue weighted by Crippen LogP contribution is 2.50. The first-order valence-electron chi connectivity index (χ1n) is 20.9. The highest BCUT2D eigenvalue weighted by Gasteiger charge is 2.26. The molecule has 2 heterocycles. The molecule has 0 amide bonds. The fourth-order valence-electron chi connectivity index (χ4n) is 9.56. The SMILES string of the molecule is c1ccc(-c2cccc3cccc(-c4ccccc4N(c4ccccc4-c4ccc5oc6ccccc6c5c4)c4cccc5c4c4ccccc4n5-c4ccccc4)c23)cc1. The maximum Gasteiger partial charge on any atom is 0.135 e. The minimum atomic E-state index is 0.883. The standard InChI is InChI=1S/C58H38N2O/c1-3-18-39(19-4-1)44-28-15-20-40-21-16-29-47(57(40)44)45-25-8-12-31-51(45)60(50-30-11-7-24-43(50)41-36-37-56-49(38-41)46-26-10-14-35-55(46)61-56)54-34-17-33-53-58(54)48-27-9-13-32-52(48)59(53)42-22-5-2-6-23-42/h1-38H. The molecule has 0 aliphatic carbocycles. The summed E-state index contributed by atoms with van der Waals surface area (Å²) < 4.78 is 8.72. The Kier molecular flexibility index (Phi) is 8.17. The second kappa shape index (κ2) is 14.3. The van der Waals surface area contributed by atoms with Gasteiger partial charge in [0.15, 0.2) is 0 Å². The molecular weight excluding hydrogens is 741 g/mol. The number of hydrogen-bond donors (Lipinski definition) is 0. The van der Waals surface area contributed by atoms with E-state index in [9.17, 15) is 0 Å². The second-order valence-corrected chi connectivity index (χ2v) is 15.6. The van der Waals surface area contributed by atoms with E-state index in [-0.39, 0.29) is 0 Å². The molecule has 0 spiro atoms. The molecule has 12 aromatic rings. The molecule has 3 heteroatoms. The Bertz CT molecular complexity index is 3590. The molecule has 0 unspecified atom stereocenters. The zero-order valence-corrected chi connectivity index (χ0v) is 33.2. The van der Waals surface area contributed by atoms with Crippen LogP contribution in [0.2, 0.25) is 0 Å². The van der Waals surface area contributed by atoms with Crippen LogP contribution in [0.1, 0.15) is 0 Å². The number of anilines is 3. The molecule has 0 atom stereocenters. The summed E-state index contributed by atoms with van der Waals surface area (Å²) in [6.07, 6.45) is 0. The van der Waals surface area contributed by atoms with Crippen molar-refractivity contribution in [2.45, 2.75) is 0 Å². The van der Waals surface area contributed by atoms with Crippen molar-refractivity contribution in [1.29, 1.82) is 0 Å². The van der Waals surface area contributed by atoms with Gasteiger partial charge in [-0.15, -0.1) is 0 Å². The average Bonchev–Trinajstić information content (AvgIpc) is 3.88. The normalized spacial score (nSPS) is 11.6. The van der Waals surface area contributed by atoms with E-state index < -0.39 is 0 Å². The van der Waals surface area contributed by atoms with E-state index >= 15 is 0 Å². The molecule has 286 valence electrons. The lowest BCUT2D eigenvalue weighted by molar-refractivity contribution is 0.669. The van der Waals surface area contributed by atoms with Gasteiger partial charge in [-0.25, -0.2) is 0 Å². The number of hydrogen-bond acceptors (Lipinski definition) is 2. The van der Waals surface area contributed by atoms with Crippen LogP contribution < -0.4 is 4.90 Å². The summed E-state index contributed by atoms with van der Waals surface area (Å²) in [5.41, 5.74) is 15.5. The monoisotopic (exact) mass is 778 g/mol. The van der Waals surface area contributed by atoms with Crippen molar-refractivity contribution in [2.24, 2.45) is 0 Å². The van der Waals surface area contributed by atoms with Crippen LogP contribution >= 0.6 is 0 Å². The summed E-state index contributed by atoms with van der Waals surface area (Å²) >= 11 is 0. The van der Waals surface area contributed by atoms with Gasteiger partial charge in [0, 0.05) is 38.4 Å². The second-order valence-electron chi connectivity index (χ2n) is 15.6. The van der Waals surface area contributed by atoms with Gasteiger partial charge in [0.25, 0.3) is 0 Å². The molecule has 12 rings (SSSR count). The Morgan fingerprint density at radius 2 is 0.902 bits per heavy atom. The molecule has 0 fully saturated rings. The van der Waals surface area contributed by atoms with Crippen LogP contribution in [-0.2, 0) is 0 Å². The van der Waals surface area contributed by atoms with Crippen molar-refractivity contribution < 1.29 is 4.42 Å². The Labute approximate surface area is 353 Å². The predicted octanol–water partition coefficient (Wildman–Crippen LogP) is 16.3. The van der Waals surface area contributed by atoms with Gasteiger partial charge in [-0.2, -0.15) is 0 Å². The van der Waals surface area contributed by atoms with Gasteiger partial charge in [0.05, 0.1) is 28.1 Å². The number of benzene rings is 10. The van der Waals surface area contributed by atoms with Crippen LogP contribution in [0, 0.1) is 0 Å². The zero-order valence-electron chi connectivity index (χ0n) is 33.2. The van der Waals surface area contributed by atoms with E-state index in [0.29, 0.717) is 0 Å². The maximum atomic E-state index is 6.32. The molecular formula is C58H38N2O. The van der Waals surface area contributed by atoms with Crippen molar-refractivity contribution >= 4 is 71.6 Å². The largest absolute Gasteiger partial charge is 0.456 e. The van der Waals surface area contributed by atoms with E-state index in [2.05, 4.69) is 228 Å². The first-order valence-corrected chi connectivity index (χ1v) is 20.9. The van der Waals surface area contributed by atoms with Crippen molar-refractivity contribution in [3.05, 3.63) is 231 Å². The zero-order chi connectivity index (χ0) is 40.3. The first-order chi connectivity index (χ1) is 30.3.